The summed E-state index contributed by atoms with van der Waals surface area (Å²) in [4.78, 5) is 22.2. The predicted octanol–water partition coefficient (Wildman–Crippen LogP) is -0.698. The van der Waals surface area contributed by atoms with E-state index in [1.165, 1.54) is 0 Å². The van der Waals surface area contributed by atoms with E-state index < -0.39 is 51.7 Å². The van der Waals surface area contributed by atoms with E-state index in [1.807, 2.05) is 0 Å². The molecular weight excluding hydrogens is 344 g/mol. The van der Waals surface area contributed by atoms with E-state index in [9.17, 15) is 18.0 Å². The molecule has 134 valence electrons. The Kier molecular flexibility index (Phi) is 4.41. The molecule has 9 nitrogen and oxygen atoms in total. The highest BCUT2D eigenvalue weighted by Gasteiger charge is 2.71. The molecule has 3 heterocycles. The average Bonchev–Trinajstić information content (AvgIpc) is 3.14. The van der Waals surface area contributed by atoms with E-state index in [-0.39, 0.29) is 19.3 Å². The van der Waals surface area contributed by atoms with Gasteiger partial charge in [-0.1, -0.05) is 6.58 Å². The van der Waals surface area contributed by atoms with Gasteiger partial charge in [0.15, 0.2) is 6.61 Å². The molecule has 5 atom stereocenters. The van der Waals surface area contributed by atoms with Gasteiger partial charge in [-0.15, -0.1) is 0 Å². The third kappa shape index (κ3) is 2.83. The summed E-state index contributed by atoms with van der Waals surface area (Å²) in [7, 11) is -3.61. The standard InChI is InChI=1S/C14H18O9S/c1-3-10(15)20-7-11(16)19-4-5-21-14(2)9-6-8-12(22-9)13(14)23-24(8,17)18/h3,8-9,12-13H,1,4-7H2,2H3. The van der Waals surface area contributed by atoms with Crippen molar-refractivity contribution in [1.82, 2.24) is 0 Å². The summed E-state index contributed by atoms with van der Waals surface area (Å²) in [5, 5.41) is -0.624. The van der Waals surface area contributed by atoms with Gasteiger partial charge in [-0.05, 0) is 13.3 Å². The first-order valence-corrected chi connectivity index (χ1v) is 8.91. The van der Waals surface area contributed by atoms with E-state index in [4.69, 9.17) is 18.4 Å². The Morgan fingerprint density at radius 2 is 2.08 bits per heavy atom. The third-order valence-electron chi connectivity index (χ3n) is 4.50. The lowest BCUT2D eigenvalue weighted by Crippen LogP contribution is -2.51. The molecule has 2 bridgehead atoms. The topological polar surface area (TPSA) is 114 Å². The van der Waals surface area contributed by atoms with Gasteiger partial charge < -0.3 is 18.9 Å². The van der Waals surface area contributed by atoms with E-state index >= 15 is 0 Å². The van der Waals surface area contributed by atoms with Gasteiger partial charge in [-0.2, -0.15) is 8.42 Å². The molecule has 0 aromatic rings. The Morgan fingerprint density at radius 1 is 1.33 bits per heavy atom. The molecule has 0 saturated carbocycles. The van der Waals surface area contributed by atoms with Crippen molar-refractivity contribution in [3.63, 3.8) is 0 Å². The van der Waals surface area contributed by atoms with Gasteiger partial charge in [-0.3, -0.25) is 4.18 Å². The zero-order valence-electron chi connectivity index (χ0n) is 13.0. The SMILES string of the molecule is C=CC(=O)OCC(=O)OCCOC1(C)C2CC3C(O2)C1OS3(=O)=O. The van der Waals surface area contributed by atoms with Crippen molar-refractivity contribution in [2.24, 2.45) is 0 Å². The first-order valence-electron chi connectivity index (χ1n) is 7.44. The molecule has 0 aromatic carbocycles. The molecule has 0 spiro atoms. The lowest BCUT2D eigenvalue weighted by atomic mass is 9.83. The minimum atomic E-state index is -3.61. The zero-order valence-corrected chi connectivity index (χ0v) is 13.8. The van der Waals surface area contributed by atoms with E-state index in [1.54, 1.807) is 6.92 Å². The molecular formula is C14H18O9S. The van der Waals surface area contributed by atoms with Crippen LogP contribution in [0.1, 0.15) is 13.3 Å². The van der Waals surface area contributed by atoms with Gasteiger partial charge in [0.05, 0.1) is 12.7 Å². The number of rotatable bonds is 7. The summed E-state index contributed by atoms with van der Waals surface area (Å²) in [6.07, 6.45) is -0.299. The number of hydrogen-bond donors (Lipinski definition) is 0. The van der Waals surface area contributed by atoms with Crippen LogP contribution in [0.25, 0.3) is 0 Å². The molecule has 0 aromatic heterocycles. The van der Waals surface area contributed by atoms with Crippen molar-refractivity contribution in [2.75, 3.05) is 19.8 Å². The molecule has 3 saturated heterocycles. The van der Waals surface area contributed by atoms with Crippen molar-refractivity contribution < 1.29 is 41.1 Å². The quantitative estimate of drug-likeness (QED) is 0.251. The molecule has 0 aliphatic carbocycles. The molecule has 0 amide bonds. The second-order valence-corrected chi connectivity index (χ2v) is 7.72. The minimum absolute atomic E-state index is 0.0365. The van der Waals surface area contributed by atoms with Gasteiger partial charge >= 0.3 is 11.9 Å². The highest BCUT2D eigenvalue weighted by molar-refractivity contribution is 7.87. The molecule has 24 heavy (non-hydrogen) atoms. The normalized spacial score (nSPS) is 38.0. The van der Waals surface area contributed by atoms with Gasteiger partial charge in [-0.25, -0.2) is 9.59 Å². The van der Waals surface area contributed by atoms with Crippen molar-refractivity contribution in [3.05, 3.63) is 12.7 Å². The van der Waals surface area contributed by atoms with Crippen LogP contribution in [0, 0.1) is 0 Å². The fourth-order valence-corrected chi connectivity index (χ4v) is 4.97. The van der Waals surface area contributed by atoms with Crippen LogP contribution in [0.15, 0.2) is 12.7 Å². The van der Waals surface area contributed by atoms with Crippen LogP contribution in [-0.2, 0) is 42.8 Å². The van der Waals surface area contributed by atoms with E-state index in [0.29, 0.717) is 6.42 Å². The van der Waals surface area contributed by atoms with Crippen LogP contribution in [0.5, 0.6) is 0 Å². The largest absolute Gasteiger partial charge is 0.461 e. The molecule has 0 N–H and O–H groups in total. The number of esters is 2. The third-order valence-corrected chi connectivity index (χ3v) is 6.18. The van der Waals surface area contributed by atoms with Crippen molar-refractivity contribution >= 4 is 22.1 Å². The highest BCUT2D eigenvalue weighted by Crippen LogP contribution is 2.53. The monoisotopic (exact) mass is 362 g/mol. The Labute approximate surface area is 139 Å². The van der Waals surface area contributed by atoms with Crippen LogP contribution in [-0.4, -0.2) is 69.3 Å². The molecule has 3 rings (SSSR count). The highest BCUT2D eigenvalue weighted by atomic mass is 32.2. The second kappa shape index (κ2) is 6.10. The number of fused-ring (bicyclic) bond motifs is 1. The molecule has 5 unspecified atom stereocenters. The molecule has 3 fully saturated rings. The minimum Gasteiger partial charge on any atom is -0.461 e. The van der Waals surface area contributed by atoms with Crippen LogP contribution in [0.4, 0.5) is 0 Å². The Bertz CT molecular complexity index is 657. The van der Waals surface area contributed by atoms with Gasteiger partial charge in [0, 0.05) is 6.08 Å². The Balaban J connectivity index is 1.45. The van der Waals surface area contributed by atoms with Crippen molar-refractivity contribution in [2.45, 2.75) is 42.5 Å². The van der Waals surface area contributed by atoms with Crippen LogP contribution in [0.3, 0.4) is 0 Å². The fourth-order valence-electron chi connectivity index (χ4n) is 3.29. The van der Waals surface area contributed by atoms with Gasteiger partial charge in [0.25, 0.3) is 10.1 Å². The van der Waals surface area contributed by atoms with Crippen molar-refractivity contribution in [1.29, 1.82) is 0 Å². The van der Waals surface area contributed by atoms with Crippen LogP contribution < -0.4 is 0 Å². The van der Waals surface area contributed by atoms with Gasteiger partial charge in [0.1, 0.15) is 29.7 Å². The molecule has 3 aliphatic heterocycles. The number of ether oxygens (including phenoxy) is 4. The summed E-state index contributed by atoms with van der Waals surface area (Å²) >= 11 is 0. The van der Waals surface area contributed by atoms with Crippen molar-refractivity contribution in [3.8, 4) is 0 Å². The second-order valence-electron chi connectivity index (χ2n) is 5.94. The Hall–Kier alpha value is -1.49. The number of hydrogen-bond acceptors (Lipinski definition) is 9. The van der Waals surface area contributed by atoms with E-state index in [2.05, 4.69) is 11.3 Å². The van der Waals surface area contributed by atoms with Crippen LogP contribution >= 0.6 is 0 Å². The number of carbonyl (C=O) groups is 2. The predicted molar refractivity (Wildman–Crippen MR) is 77.3 cm³/mol. The lowest BCUT2D eigenvalue weighted by molar-refractivity contribution is -0.161. The summed E-state index contributed by atoms with van der Waals surface area (Å²) in [5.74, 6) is -1.44. The smallest absolute Gasteiger partial charge is 0.344 e. The first-order chi connectivity index (χ1) is 11.3. The lowest BCUT2D eigenvalue weighted by Gasteiger charge is -2.33. The Morgan fingerprint density at radius 3 is 2.79 bits per heavy atom. The summed E-state index contributed by atoms with van der Waals surface area (Å²) in [5.41, 5.74) is -0.910. The maximum atomic E-state index is 11.9. The van der Waals surface area contributed by atoms with E-state index in [0.717, 1.165) is 6.08 Å². The zero-order chi connectivity index (χ0) is 17.5. The first kappa shape index (κ1) is 17.3. The summed E-state index contributed by atoms with van der Waals surface area (Å²) in [6, 6.07) is 0. The molecule has 3 aliphatic rings. The fraction of sp³-hybridized carbons (Fsp3) is 0.714. The molecule has 10 heteroatoms. The van der Waals surface area contributed by atoms with Crippen LogP contribution in [0.2, 0.25) is 0 Å². The molecule has 0 radical (unpaired) electrons. The maximum absolute atomic E-state index is 11.9. The summed E-state index contributed by atoms with van der Waals surface area (Å²) < 4.78 is 49.7. The summed E-state index contributed by atoms with van der Waals surface area (Å²) in [6.45, 7) is 4.38. The number of carbonyl (C=O) groups excluding carboxylic acids is 2. The van der Waals surface area contributed by atoms with Gasteiger partial charge in [0.2, 0.25) is 0 Å². The average molecular weight is 362 g/mol. The maximum Gasteiger partial charge on any atom is 0.344 e.